The van der Waals surface area contributed by atoms with Gasteiger partial charge in [-0.1, -0.05) is 24.3 Å². The van der Waals surface area contributed by atoms with Crippen LogP contribution in [0.4, 0.5) is 8.78 Å². The first-order chi connectivity index (χ1) is 14.4. The smallest absolute Gasteiger partial charge is 0.254 e. The van der Waals surface area contributed by atoms with Crippen LogP contribution in [0, 0.1) is 23.0 Å². The molecule has 4 N–H and O–H groups in total. The van der Waals surface area contributed by atoms with Gasteiger partial charge in [0, 0.05) is 18.7 Å². The Kier molecular flexibility index (Phi) is 8.76. The van der Waals surface area contributed by atoms with Gasteiger partial charge in [0.15, 0.2) is 17.7 Å². The van der Waals surface area contributed by atoms with Crippen molar-refractivity contribution in [2.75, 3.05) is 13.2 Å². The number of amidine groups is 1. The number of carbonyl (C=O) groups is 1. The van der Waals surface area contributed by atoms with Gasteiger partial charge in [0.1, 0.15) is 11.7 Å². The standard InChI is InChI=1S/C22H25F2N3O3.ClH/c1-2-29-20(22(28)27-11-13-5-7-15(8-6-13)21(25)26)18-16(23)9-10-17(19(18)24)30-12-14-3-4-14;/h5-10,14,20H,2-4,11-12H2,1H3,(H3,25,26)(H,27,28);1H/t20-;/m0./s1. The number of rotatable bonds is 10. The number of ether oxygens (including phenoxy) is 2. The van der Waals surface area contributed by atoms with Crippen LogP contribution in [0.5, 0.6) is 5.75 Å². The number of amides is 1. The van der Waals surface area contributed by atoms with Crippen molar-refractivity contribution in [3.63, 3.8) is 0 Å². The van der Waals surface area contributed by atoms with Crippen molar-refractivity contribution in [3.05, 3.63) is 64.7 Å². The first kappa shape index (κ1) is 24.6. The van der Waals surface area contributed by atoms with Crippen molar-refractivity contribution in [2.24, 2.45) is 11.7 Å². The van der Waals surface area contributed by atoms with Crippen molar-refractivity contribution >= 4 is 24.1 Å². The van der Waals surface area contributed by atoms with E-state index in [1.54, 1.807) is 31.2 Å². The molecule has 0 bridgehead atoms. The average Bonchev–Trinajstić information content (AvgIpc) is 3.55. The molecule has 0 saturated heterocycles. The maximum atomic E-state index is 15.0. The van der Waals surface area contributed by atoms with Gasteiger partial charge < -0.3 is 20.5 Å². The summed E-state index contributed by atoms with van der Waals surface area (Å²) in [6.07, 6.45) is 0.621. The van der Waals surface area contributed by atoms with Gasteiger partial charge in [-0.25, -0.2) is 8.78 Å². The highest BCUT2D eigenvalue weighted by molar-refractivity contribution is 5.94. The Balaban J connectivity index is 0.00000341. The van der Waals surface area contributed by atoms with Gasteiger partial charge in [0.25, 0.3) is 5.91 Å². The van der Waals surface area contributed by atoms with E-state index in [4.69, 9.17) is 20.6 Å². The molecule has 2 aromatic rings. The van der Waals surface area contributed by atoms with Gasteiger partial charge in [-0.3, -0.25) is 10.2 Å². The third kappa shape index (κ3) is 6.38. The molecule has 0 radical (unpaired) electrons. The Morgan fingerprint density at radius 2 is 1.90 bits per heavy atom. The number of hydrogen-bond donors (Lipinski definition) is 3. The zero-order chi connectivity index (χ0) is 21.7. The molecule has 0 unspecified atom stereocenters. The second kappa shape index (κ2) is 11.1. The van der Waals surface area contributed by atoms with E-state index in [0.29, 0.717) is 18.1 Å². The highest BCUT2D eigenvalue weighted by Crippen LogP contribution is 2.33. The number of nitrogens with two attached hydrogens (primary N) is 1. The van der Waals surface area contributed by atoms with Crippen molar-refractivity contribution in [1.82, 2.24) is 5.32 Å². The quantitative estimate of drug-likeness (QED) is 0.376. The molecule has 9 heteroatoms. The minimum absolute atomic E-state index is 0. The molecule has 168 valence electrons. The SMILES string of the molecule is CCO[C@H](C(=O)NCc1ccc(C(=N)N)cc1)c1c(F)ccc(OCC2CC2)c1F.Cl. The van der Waals surface area contributed by atoms with Crippen LogP contribution in [0.3, 0.4) is 0 Å². The molecular weight excluding hydrogens is 428 g/mol. The highest BCUT2D eigenvalue weighted by Gasteiger charge is 2.30. The van der Waals surface area contributed by atoms with E-state index >= 15 is 0 Å². The van der Waals surface area contributed by atoms with Gasteiger partial charge in [-0.05, 0) is 43.4 Å². The second-order valence-corrected chi connectivity index (χ2v) is 7.19. The molecule has 0 aromatic heterocycles. The Labute approximate surface area is 186 Å². The lowest BCUT2D eigenvalue weighted by Crippen LogP contribution is -2.31. The summed E-state index contributed by atoms with van der Waals surface area (Å²) in [5, 5.41) is 10.0. The van der Waals surface area contributed by atoms with Gasteiger partial charge in [-0.15, -0.1) is 12.4 Å². The molecule has 1 saturated carbocycles. The Hall–Kier alpha value is -2.71. The summed E-state index contributed by atoms with van der Waals surface area (Å²) in [4.78, 5) is 12.7. The lowest BCUT2D eigenvalue weighted by atomic mass is 10.1. The summed E-state index contributed by atoms with van der Waals surface area (Å²) in [5.41, 5.74) is 6.26. The van der Waals surface area contributed by atoms with Crippen LogP contribution in [0.1, 0.15) is 42.6 Å². The monoisotopic (exact) mass is 453 g/mol. The molecule has 1 aliphatic carbocycles. The number of carbonyl (C=O) groups excluding carboxylic acids is 1. The fourth-order valence-electron chi connectivity index (χ4n) is 2.93. The minimum Gasteiger partial charge on any atom is -0.490 e. The van der Waals surface area contributed by atoms with Crippen LogP contribution >= 0.6 is 12.4 Å². The molecule has 6 nitrogen and oxygen atoms in total. The van der Waals surface area contributed by atoms with Crippen LogP contribution < -0.4 is 15.8 Å². The number of benzene rings is 2. The molecular formula is C22H26ClF2N3O3. The maximum Gasteiger partial charge on any atom is 0.254 e. The van der Waals surface area contributed by atoms with Crippen molar-refractivity contribution in [1.29, 1.82) is 5.41 Å². The third-order valence-electron chi connectivity index (χ3n) is 4.83. The molecule has 0 heterocycles. The molecule has 1 aliphatic rings. The molecule has 0 aliphatic heterocycles. The fraction of sp³-hybridized carbons (Fsp3) is 0.364. The van der Waals surface area contributed by atoms with Crippen molar-refractivity contribution in [3.8, 4) is 5.75 Å². The summed E-state index contributed by atoms with van der Waals surface area (Å²) in [5.74, 6) is -2.20. The van der Waals surface area contributed by atoms with Gasteiger partial charge >= 0.3 is 0 Å². The third-order valence-corrected chi connectivity index (χ3v) is 4.83. The Morgan fingerprint density at radius 3 is 2.48 bits per heavy atom. The minimum atomic E-state index is -1.45. The summed E-state index contributed by atoms with van der Waals surface area (Å²) in [6.45, 7) is 2.23. The van der Waals surface area contributed by atoms with E-state index in [1.165, 1.54) is 6.07 Å². The van der Waals surface area contributed by atoms with Crippen LogP contribution in [0.15, 0.2) is 36.4 Å². The van der Waals surface area contributed by atoms with Crippen LogP contribution in [-0.4, -0.2) is 25.0 Å². The number of hydrogen-bond acceptors (Lipinski definition) is 4. The number of nitrogens with one attached hydrogen (secondary N) is 2. The van der Waals surface area contributed by atoms with Crippen LogP contribution in [0.2, 0.25) is 0 Å². The van der Waals surface area contributed by atoms with Crippen LogP contribution in [-0.2, 0) is 16.1 Å². The molecule has 1 amide bonds. The lowest BCUT2D eigenvalue weighted by molar-refractivity contribution is -0.133. The molecule has 1 fully saturated rings. The van der Waals surface area contributed by atoms with Crippen molar-refractivity contribution < 1.29 is 23.0 Å². The number of nitrogen functional groups attached to an aromatic ring is 1. The Bertz CT molecular complexity index is 921. The predicted molar refractivity (Wildman–Crippen MR) is 115 cm³/mol. The second-order valence-electron chi connectivity index (χ2n) is 7.19. The fourth-order valence-corrected chi connectivity index (χ4v) is 2.93. The summed E-state index contributed by atoms with van der Waals surface area (Å²) >= 11 is 0. The molecule has 0 spiro atoms. The molecule has 1 atom stereocenters. The molecule has 31 heavy (non-hydrogen) atoms. The lowest BCUT2D eigenvalue weighted by Gasteiger charge is -2.20. The van der Waals surface area contributed by atoms with Gasteiger partial charge in [0.2, 0.25) is 0 Å². The molecule has 2 aromatic carbocycles. The summed E-state index contributed by atoms with van der Waals surface area (Å²) < 4.78 is 40.3. The van der Waals surface area contributed by atoms with E-state index in [0.717, 1.165) is 24.5 Å². The van der Waals surface area contributed by atoms with E-state index in [1.807, 2.05) is 0 Å². The topological polar surface area (TPSA) is 97.4 Å². The van der Waals surface area contributed by atoms with E-state index in [-0.39, 0.29) is 37.1 Å². The normalized spacial score (nSPS) is 13.8. The van der Waals surface area contributed by atoms with E-state index in [2.05, 4.69) is 5.32 Å². The van der Waals surface area contributed by atoms with Gasteiger partial charge in [-0.2, -0.15) is 0 Å². The van der Waals surface area contributed by atoms with Crippen LogP contribution in [0.25, 0.3) is 0 Å². The maximum absolute atomic E-state index is 15.0. The summed E-state index contributed by atoms with van der Waals surface area (Å²) in [7, 11) is 0. The first-order valence-electron chi connectivity index (χ1n) is 9.84. The van der Waals surface area contributed by atoms with E-state index < -0.39 is 29.2 Å². The largest absolute Gasteiger partial charge is 0.490 e. The van der Waals surface area contributed by atoms with Gasteiger partial charge in [0.05, 0.1) is 12.2 Å². The Morgan fingerprint density at radius 1 is 1.23 bits per heavy atom. The average molecular weight is 454 g/mol. The predicted octanol–water partition coefficient (Wildman–Crippen LogP) is 3.85. The first-order valence-corrected chi connectivity index (χ1v) is 9.84. The van der Waals surface area contributed by atoms with Crippen molar-refractivity contribution in [2.45, 2.75) is 32.4 Å². The highest BCUT2D eigenvalue weighted by atomic mass is 35.5. The zero-order valence-corrected chi connectivity index (χ0v) is 17.9. The summed E-state index contributed by atoms with van der Waals surface area (Å²) in [6, 6.07) is 9.04. The zero-order valence-electron chi connectivity index (χ0n) is 17.1. The molecule has 3 rings (SSSR count). The number of halogens is 3. The van der Waals surface area contributed by atoms with E-state index in [9.17, 15) is 13.6 Å².